The van der Waals surface area contributed by atoms with Gasteiger partial charge in [0.25, 0.3) is 0 Å². The number of hydrogen-bond acceptors (Lipinski definition) is 5. The van der Waals surface area contributed by atoms with Gasteiger partial charge in [0.05, 0.1) is 0 Å². The molecule has 20 heavy (non-hydrogen) atoms. The molecule has 0 radical (unpaired) electrons. The molecule has 2 N–H and O–H groups in total. The Balaban J connectivity index is 0.00000361. The van der Waals surface area contributed by atoms with E-state index in [1.165, 1.54) is 0 Å². The van der Waals surface area contributed by atoms with Crippen LogP contribution in [0.2, 0.25) is 0 Å². The van der Waals surface area contributed by atoms with Crippen LogP contribution in [-0.2, 0) is 11.2 Å². The predicted octanol–water partition coefficient (Wildman–Crippen LogP) is 1.66. The average molecular weight is 305 g/mol. The summed E-state index contributed by atoms with van der Waals surface area (Å²) in [6.45, 7) is 8.56. The molecule has 1 aromatic heterocycles. The summed E-state index contributed by atoms with van der Waals surface area (Å²) < 4.78 is 5.08. The Morgan fingerprint density at radius 1 is 1.30 bits per heavy atom. The predicted molar refractivity (Wildman–Crippen MR) is 80.1 cm³/mol. The van der Waals surface area contributed by atoms with Crippen LogP contribution in [0, 0.1) is 0 Å². The molecule has 1 heterocycles. The zero-order valence-corrected chi connectivity index (χ0v) is 13.3. The smallest absolute Gasteiger partial charge is 0.227 e. The number of amides is 1. The van der Waals surface area contributed by atoms with E-state index in [4.69, 9.17) is 4.52 Å². The number of carbonyl (C=O) groups is 1. The molecule has 0 unspecified atom stereocenters. The zero-order chi connectivity index (χ0) is 14.1. The van der Waals surface area contributed by atoms with Crippen LogP contribution in [0.15, 0.2) is 4.52 Å². The largest absolute Gasteiger partial charge is 0.355 e. The third kappa shape index (κ3) is 7.45. The van der Waals surface area contributed by atoms with Gasteiger partial charge >= 0.3 is 0 Å². The molecular formula is C13H25ClN4O2. The van der Waals surface area contributed by atoms with Gasteiger partial charge in [-0.2, -0.15) is 4.98 Å². The highest BCUT2D eigenvalue weighted by Gasteiger charge is 2.10. The van der Waals surface area contributed by atoms with Crippen LogP contribution in [0.25, 0.3) is 0 Å². The quantitative estimate of drug-likeness (QED) is 0.678. The lowest BCUT2D eigenvalue weighted by Gasteiger charge is -2.04. The first-order valence-corrected chi connectivity index (χ1v) is 6.93. The van der Waals surface area contributed by atoms with Gasteiger partial charge in [0.15, 0.2) is 5.82 Å². The van der Waals surface area contributed by atoms with Crippen molar-refractivity contribution >= 4 is 18.3 Å². The van der Waals surface area contributed by atoms with Gasteiger partial charge < -0.3 is 15.2 Å². The zero-order valence-electron chi connectivity index (χ0n) is 12.4. The molecule has 0 aliphatic heterocycles. The number of aromatic nitrogens is 2. The van der Waals surface area contributed by atoms with Gasteiger partial charge in [-0.15, -0.1) is 12.4 Å². The maximum Gasteiger partial charge on any atom is 0.227 e. The minimum Gasteiger partial charge on any atom is -0.355 e. The Bertz CT molecular complexity index is 382. The van der Waals surface area contributed by atoms with Crippen LogP contribution in [0.3, 0.4) is 0 Å². The number of nitrogens with one attached hydrogen (secondary N) is 2. The molecule has 0 aromatic carbocycles. The molecule has 6 nitrogen and oxygen atoms in total. The van der Waals surface area contributed by atoms with E-state index in [1.807, 2.05) is 13.8 Å². The number of nitrogens with zero attached hydrogens (tertiary/aromatic N) is 2. The average Bonchev–Trinajstić information content (AvgIpc) is 2.85. The number of rotatable bonds is 9. The maximum atomic E-state index is 11.6. The number of halogens is 1. The fourth-order valence-corrected chi connectivity index (χ4v) is 1.51. The van der Waals surface area contributed by atoms with E-state index in [1.54, 1.807) is 0 Å². The van der Waals surface area contributed by atoms with Crippen molar-refractivity contribution in [2.45, 2.75) is 46.0 Å². The summed E-state index contributed by atoms with van der Waals surface area (Å²) in [5.74, 6) is 1.49. The Morgan fingerprint density at radius 2 is 2.05 bits per heavy atom. The van der Waals surface area contributed by atoms with Crippen LogP contribution >= 0.6 is 12.4 Å². The summed E-state index contributed by atoms with van der Waals surface area (Å²) in [5.41, 5.74) is 0. The lowest BCUT2D eigenvalue weighted by atomic mass is 10.2. The Kier molecular flexibility index (Phi) is 10.0. The number of aryl methyl sites for hydroxylation is 1. The molecule has 116 valence electrons. The van der Waals surface area contributed by atoms with Gasteiger partial charge in [0, 0.05) is 31.8 Å². The Morgan fingerprint density at radius 3 is 2.65 bits per heavy atom. The molecule has 0 atom stereocenters. The van der Waals surface area contributed by atoms with Gasteiger partial charge in [-0.3, -0.25) is 4.79 Å². The van der Waals surface area contributed by atoms with Crippen molar-refractivity contribution in [1.29, 1.82) is 0 Å². The molecule has 7 heteroatoms. The van der Waals surface area contributed by atoms with E-state index in [0.717, 1.165) is 19.5 Å². The van der Waals surface area contributed by atoms with Crippen LogP contribution < -0.4 is 10.6 Å². The number of hydrogen-bond donors (Lipinski definition) is 2. The third-order valence-corrected chi connectivity index (χ3v) is 2.62. The molecule has 1 aromatic rings. The van der Waals surface area contributed by atoms with Crippen LogP contribution in [0.5, 0.6) is 0 Å². The molecular weight excluding hydrogens is 280 g/mol. The van der Waals surface area contributed by atoms with Crippen molar-refractivity contribution in [3.05, 3.63) is 11.7 Å². The van der Waals surface area contributed by atoms with Crippen molar-refractivity contribution in [3.8, 4) is 0 Å². The molecule has 0 saturated heterocycles. The van der Waals surface area contributed by atoms with E-state index in [2.05, 4.69) is 27.7 Å². The molecule has 0 aliphatic rings. The first-order chi connectivity index (χ1) is 9.13. The highest BCUT2D eigenvalue weighted by molar-refractivity contribution is 5.85. The van der Waals surface area contributed by atoms with E-state index in [-0.39, 0.29) is 24.2 Å². The second kappa shape index (κ2) is 10.6. The van der Waals surface area contributed by atoms with Crippen LogP contribution in [-0.4, -0.2) is 35.7 Å². The van der Waals surface area contributed by atoms with Crippen molar-refractivity contribution in [2.75, 3.05) is 19.6 Å². The minimum atomic E-state index is 0. The van der Waals surface area contributed by atoms with Crippen molar-refractivity contribution < 1.29 is 9.32 Å². The van der Waals surface area contributed by atoms with Crippen molar-refractivity contribution in [1.82, 2.24) is 20.8 Å². The molecule has 0 fully saturated rings. The van der Waals surface area contributed by atoms with Crippen LogP contribution in [0.4, 0.5) is 0 Å². The number of carbonyl (C=O) groups excluding carboxylic acids is 1. The third-order valence-electron chi connectivity index (χ3n) is 2.62. The van der Waals surface area contributed by atoms with Crippen molar-refractivity contribution in [3.63, 3.8) is 0 Å². The summed E-state index contributed by atoms with van der Waals surface area (Å²) in [6.07, 6.45) is 1.98. The molecule has 0 spiro atoms. The molecule has 0 saturated carbocycles. The minimum absolute atomic E-state index is 0. The van der Waals surface area contributed by atoms with E-state index < -0.39 is 0 Å². The SMILES string of the molecule is CCCNCCNC(=O)CCc1nc(C(C)C)no1.Cl. The first kappa shape index (κ1) is 18.9. The fraction of sp³-hybridized carbons (Fsp3) is 0.769. The molecule has 1 amide bonds. The van der Waals surface area contributed by atoms with E-state index in [0.29, 0.717) is 31.1 Å². The summed E-state index contributed by atoms with van der Waals surface area (Å²) in [7, 11) is 0. The summed E-state index contributed by atoms with van der Waals surface area (Å²) in [6, 6.07) is 0. The maximum absolute atomic E-state index is 11.6. The topological polar surface area (TPSA) is 80.0 Å². The Labute approximate surface area is 126 Å². The Hall–Kier alpha value is -1.14. The van der Waals surface area contributed by atoms with Gasteiger partial charge in [0.1, 0.15) is 0 Å². The van der Waals surface area contributed by atoms with E-state index >= 15 is 0 Å². The highest BCUT2D eigenvalue weighted by atomic mass is 35.5. The summed E-state index contributed by atoms with van der Waals surface area (Å²) >= 11 is 0. The lowest BCUT2D eigenvalue weighted by molar-refractivity contribution is -0.121. The normalized spacial score (nSPS) is 10.4. The summed E-state index contributed by atoms with van der Waals surface area (Å²) in [5, 5.41) is 9.94. The highest BCUT2D eigenvalue weighted by Crippen LogP contribution is 2.10. The fourth-order valence-electron chi connectivity index (χ4n) is 1.51. The van der Waals surface area contributed by atoms with Crippen LogP contribution in [0.1, 0.15) is 51.2 Å². The van der Waals surface area contributed by atoms with Crippen molar-refractivity contribution in [2.24, 2.45) is 0 Å². The lowest BCUT2D eigenvalue weighted by Crippen LogP contribution is -2.32. The van der Waals surface area contributed by atoms with Gasteiger partial charge in [-0.25, -0.2) is 0 Å². The first-order valence-electron chi connectivity index (χ1n) is 6.93. The second-order valence-electron chi connectivity index (χ2n) is 4.80. The summed E-state index contributed by atoms with van der Waals surface area (Å²) in [4.78, 5) is 15.8. The monoisotopic (exact) mass is 304 g/mol. The second-order valence-corrected chi connectivity index (χ2v) is 4.80. The van der Waals surface area contributed by atoms with Gasteiger partial charge in [-0.1, -0.05) is 25.9 Å². The molecule has 0 bridgehead atoms. The van der Waals surface area contributed by atoms with Gasteiger partial charge in [-0.05, 0) is 13.0 Å². The van der Waals surface area contributed by atoms with E-state index in [9.17, 15) is 4.79 Å². The molecule has 0 aliphatic carbocycles. The standard InChI is InChI=1S/C13H24N4O2.ClH/c1-4-7-14-8-9-15-11(18)5-6-12-16-13(10(2)3)17-19-12;/h10,14H,4-9H2,1-3H3,(H,15,18);1H. The molecule has 1 rings (SSSR count). The van der Waals surface area contributed by atoms with Gasteiger partial charge in [0.2, 0.25) is 11.8 Å².